The second-order valence-electron chi connectivity index (χ2n) is 4.66. The highest BCUT2D eigenvalue weighted by Crippen LogP contribution is 2.28. The van der Waals surface area contributed by atoms with E-state index in [2.05, 4.69) is 31.4 Å². The van der Waals surface area contributed by atoms with Crippen molar-refractivity contribution in [2.24, 2.45) is 5.10 Å². The number of hydrogen-bond acceptors (Lipinski definition) is 5. The predicted molar refractivity (Wildman–Crippen MR) is 87.7 cm³/mol. The largest absolute Gasteiger partial charge is 0.481 e. The summed E-state index contributed by atoms with van der Waals surface area (Å²) in [6.45, 7) is -0.517. The van der Waals surface area contributed by atoms with Crippen molar-refractivity contribution in [2.75, 3.05) is 12.0 Å². The van der Waals surface area contributed by atoms with E-state index in [0.29, 0.717) is 16.2 Å². The molecule has 0 unspecified atom stereocenters. The van der Waals surface area contributed by atoms with Crippen LogP contribution in [0.5, 0.6) is 5.75 Å². The fourth-order valence-electron chi connectivity index (χ4n) is 1.69. The summed E-state index contributed by atoms with van der Waals surface area (Å²) in [4.78, 5) is 14.2. The highest BCUT2D eigenvalue weighted by atomic mass is 79.9. The van der Waals surface area contributed by atoms with Crippen LogP contribution in [0, 0.1) is 0 Å². The average Bonchev–Trinajstić information content (AvgIpc) is 2.53. The first-order chi connectivity index (χ1) is 11.8. The topological polar surface area (TPSA) is 83.8 Å². The second kappa shape index (κ2) is 7.97. The molecular weight excluding hydrogens is 407 g/mol. The molecule has 0 spiro atoms. The van der Waals surface area contributed by atoms with Gasteiger partial charge < -0.3 is 9.84 Å². The van der Waals surface area contributed by atoms with Crippen LogP contribution >= 0.6 is 15.9 Å². The maximum atomic E-state index is 12.5. The van der Waals surface area contributed by atoms with Crippen molar-refractivity contribution in [1.29, 1.82) is 0 Å². The summed E-state index contributed by atoms with van der Waals surface area (Å²) >= 11 is 3.27. The van der Waals surface area contributed by atoms with Crippen molar-refractivity contribution in [1.82, 2.24) is 4.98 Å². The molecule has 0 atom stereocenters. The molecule has 25 heavy (non-hydrogen) atoms. The molecule has 0 aliphatic carbocycles. The Hall–Kier alpha value is -2.62. The molecule has 0 fully saturated rings. The highest BCUT2D eigenvalue weighted by Gasteiger charge is 2.30. The van der Waals surface area contributed by atoms with E-state index in [1.165, 1.54) is 6.21 Å². The summed E-state index contributed by atoms with van der Waals surface area (Å²) in [5.74, 6) is -0.721. The molecule has 0 aliphatic heterocycles. The van der Waals surface area contributed by atoms with E-state index in [0.717, 1.165) is 12.1 Å². The first-order valence-electron chi connectivity index (χ1n) is 6.72. The van der Waals surface area contributed by atoms with E-state index in [9.17, 15) is 18.0 Å². The summed E-state index contributed by atoms with van der Waals surface area (Å²) in [5, 5.41) is 12.5. The molecule has 10 heteroatoms. The number of ether oxygens (including phenoxy) is 1. The summed E-state index contributed by atoms with van der Waals surface area (Å²) in [6, 6.07) is 6.89. The maximum absolute atomic E-state index is 12.5. The Morgan fingerprint density at radius 1 is 1.36 bits per heavy atom. The standard InChI is InChI=1S/C15H11BrF3N3O3/c16-11-2-3-12(25-8-14(23)24)9(5-11)6-21-22-13-4-1-10(7-20-13)15(17,18)19/h1-7H,8H2,(H,20,22)(H,23,24)/b21-6-. The van der Waals surface area contributed by atoms with E-state index in [1.54, 1.807) is 18.2 Å². The van der Waals surface area contributed by atoms with Crippen LogP contribution in [0.3, 0.4) is 0 Å². The number of alkyl halides is 3. The molecule has 0 saturated heterocycles. The van der Waals surface area contributed by atoms with Gasteiger partial charge in [0.1, 0.15) is 11.6 Å². The van der Waals surface area contributed by atoms with Gasteiger partial charge in [-0.2, -0.15) is 18.3 Å². The molecule has 1 aromatic carbocycles. The minimum absolute atomic E-state index is 0.118. The lowest BCUT2D eigenvalue weighted by molar-refractivity contribution is -0.139. The minimum atomic E-state index is -4.46. The normalized spacial score (nSPS) is 11.5. The number of nitrogens with zero attached hydrogens (tertiary/aromatic N) is 2. The smallest absolute Gasteiger partial charge is 0.417 e. The molecule has 0 radical (unpaired) electrons. The zero-order chi connectivity index (χ0) is 18.4. The fraction of sp³-hybridized carbons (Fsp3) is 0.133. The van der Waals surface area contributed by atoms with Gasteiger partial charge >= 0.3 is 12.1 Å². The lowest BCUT2D eigenvalue weighted by atomic mass is 10.2. The van der Waals surface area contributed by atoms with Gasteiger partial charge in [-0.05, 0) is 30.3 Å². The van der Waals surface area contributed by atoms with Crippen molar-refractivity contribution < 1.29 is 27.8 Å². The summed E-state index contributed by atoms with van der Waals surface area (Å²) in [7, 11) is 0. The number of carboxylic acid groups (broad SMARTS) is 1. The predicted octanol–water partition coefficient (Wildman–Crippen LogP) is 3.77. The number of carboxylic acids is 1. The third kappa shape index (κ3) is 5.75. The van der Waals surface area contributed by atoms with Crippen LogP contribution in [-0.2, 0) is 11.0 Å². The summed E-state index contributed by atoms with van der Waals surface area (Å²) in [5.41, 5.74) is 2.09. The number of rotatable bonds is 6. The minimum Gasteiger partial charge on any atom is -0.481 e. The Balaban J connectivity index is 2.08. The molecule has 6 nitrogen and oxygen atoms in total. The molecule has 1 heterocycles. The average molecular weight is 418 g/mol. The number of aromatic nitrogens is 1. The molecule has 0 saturated carbocycles. The van der Waals surface area contributed by atoms with E-state index < -0.39 is 24.3 Å². The SMILES string of the molecule is O=C(O)COc1ccc(Br)cc1/C=N\Nc1ccc(C(F)(F)F)cn1. The van der Waals surface area contributed by atoms with Crippen molar-refractivity contribution in [2.45, 2.75) is 6.18 Å². The number of hydrogen-bond donors (Lipinski definition) is 2. The van der Waals surface area contributed by atoms with Crippen molar-refractivity contribution in [3.05, 3.63) is 52.1 Å². The third-order valence-corrected chi connectivity index (χ3v) is 3.29. The number of nitrogens with one attached hydrogen (secondary N) is 1. The molecule has 0 aliphatic rings. The van der Waals surface area contributed by atoms with E-state index in [4.69, 9.17) is 9.84 Å². The molecule has 0 bridgehead atoms. The lowest BCUT2D eigenvalue weighted by Crippen LogP contribution is -2.10. The molecule has 132 valence electrons. The van der Waals surface area contributed by atoms with Crippen molar-refractivity contribution >= 4 is 33.9 Å². The van der Waals surface area contributed by atoms with Crippen LogP contribution in [0.25, 0.3) is 0 Å². The van der Waals surface area contributed by atoms with E-state index >= 15 is 0 Å². The van der Waals surface area contributed by atoms with E-state index in [-0.39, 0.29) is 11.6 Å². The Labute approximate surface area is 148 Å². The van der Waals surface area contributed by atoms with Gasteiger partial charge in [0.2, 0.25) is 0 Å². The van der Waals surface area contributed by atoms with Gasteiger partial charge in [0, 0.05) is 16.2 Å². The van der Waals surface area contributed by atoms with Crippen LogP contribution in [0.2, 0.25) is 0 Å². The second-order valence-corrected chi connectivity index (χ2v) is 5.58. The first kappa shape index (κ1) is 18.7. The number of halogens is 4. The quantitative estimate of drug-likeness (QED) is 0.551. The van der Waals surface area contributed by atoms with Crippen molar-refractivity contribution in [3.63, 3.8) is 0 Å². The Morgan fingerprint density at radius 3 is 2.72 bits per heavy atom. The molecule has 2 rings (SSSR count). The zero-order valence-corrected chi connectivity index (χ0v) is 14.0. The number of hydrazone groups is 1. The Bertz CT molecular complexity index is 780. The number of carbonyl (C=O) groups is 1. The van der Waals surface area contributed by atoms with Gasteiger partial charge in [0.25, 0.3) is 0 Å². The van der Waals surface area contributed by atoms with Gasteiger partial charge in [-0.3, -0.25) is 5.43 Å². The fourth-order valence-corrected chi connectivity index (χ4v) is 2.07. The number of pyridine rings is 1. The maximum Gasteiger partial charge on any atom is 0.417 e. The molecular formula is C15H11BrF3N3O3. The van der Waals surface area contributed by atoms with Crippen LogP contribution in [0.4, 0.5) is 19.0 Å². The van der Waals surface area contributed by atoms with Gasteiger partial charge in [0.15, 0.2) is 6.61 Å². The molecule has 1 aromatic heterocycles. The molecule has 2 N–H and O–H groups in total. The van der Waals surface area contributed by atoms with Gasteiger partial charge in [-0.25, -0.2) is 9.78 Å². The van der Waals surface area contributed by atoms with Crippen LogP contribution < -0.4 is 10.2 Å². The van der Waals surface area contributed by atoms with E-state index in [1.807, 2.05) is 0 Å². The number of benzene rings is 1. The van der Waals surface area contributed by atoms with Gasteiger partial charge in [-0.1, -0.05) is 15.9 Å². The van der Waals surface area contributed by atoms with Crippen molar-refractivity contribution in [3.8, 4) is 5.75 Å². The highest BCUT2D eigenvalue weighted by molar-refractivity contribution is 9.10. The Morgan fingerprint density at radius 2 is 2.12 bits per heavy atom. The number of anilines is 1. The van der Waals surface area contributed by atoms with Gasteiger partial charge in [0.05, 0.1) is 11.8 Å². The molecule has 0 amide bonds. The monoisotopic (exact) mass is 417 g/mol. The van der Waals surface area contributed by atoms with Crippen LogP contribution in [0.1, 0.15) is 11.1 Å². The number of aliphatic carboxylic acids is 1. The summed E-state index contributed by atoms with van der Waals surface area (Å²) < 4.78 is 43.2. The zero-order valence-electron chi connectivity index (χ0n) is 12.4. The molecule has 2 aromatic rings. The summed E-state index contributed by atoms with van der Waals surface area (Å²) in [6.07, 6.45) is -2.43. The Kier molecular flexibility index (Phi) is 5.97. The lowest BCUT2D eigenvalue weighted by Gasteiger charge is -2.08. The third-order valence-electron chi connectivity index (χ3n) is 2.80. The first-order valence-corrected chi connectivity index (χ1v) is 7.51. The van der Waals surface area contributed by atoms with Crippen LogP contribution in [0.15, 0.2) is 46.1 Å². The van der Waals surface area contributed by atoms with Gasteiger partial charge in [-0.15, -0.1) is 0 Å². The van der Waals surface area contributed by atoms with Crippen LogP contribution in [-0.4, -0.2) is 28.9 Å².